The van der Waals surface area contributed by atoms with Crippen molar-refractivity contribution < 1.29 is 14.3 Å². The second-order valence-electron chi connectivity index (χ2n) is 6.25. The molecule has 0 radical (unpaired) electrons. The molecule has 0 unspecified atom stereocenters. The fourth-order valence-electron chi connectivity index (χ4n) is 2.80. The lowest BCUT2D eigenvalue weighted by atomic mass is 10.1. The molecule has 0 saturated heterocycles. The number of ether oxygens (including phenoxy) is 1. The maximum absolute atomic E-state index is 12.0. The highest BCUT2D eigenvalue weighted by atomic mass is 35.5. The van der Waals surface area contributed by atoms with E-state index in [1.807, 2.05) is 60.7 Å². The Hall–Kier alpha value is -2.85. The molecular weight excluding hydrogens is 362 g/mol. The van der Waals surface area contributed by atoms with Crippen LogP contribution in [0, 0.1) is 0 Å². The van der Waals surface area contributed by atoms with Crippen LogP contribution in [0.15, 0.2) is 66.7 Å². The fraction of sp³-hybridized carbons (Fsp3) is 0.182. The molecule has 0 aliphatic carbocycles. The van der Waals surface area contributed by atoms with E-state index in [9.17, 15) is 9.59 Å². The molecule has 1 amide bonds. The van der Waals surface area contributed by atoms with E-state index in [2.05, 4.69) is 5.32 Å². The number of benzene rings is 3. The molecule has 5 heteroatoms. The number of carbonyl (C=O) groups is 2. The molecular formula is C22H20ClNO3. The third-order valence-corrected chi connectivity index (χ3v) is 4.39. The Morgan fingerprint density at radius 2 is 1.70 bits per heavy atom. The lowest BCUT2D eigenvalue weighted by Gasteiger charge is -2.07. The van der Waals surface area contributed by atoms with E-state index >= 15 is 0 Å². The number of rotatable bonds is 7. The van der Waals surface area contributed by atoms with E-state index in [1.165, 1.54) is 0 Å². The van der Waals surface area contributed by atoms with E-state index in [4.69, 9.17) is 16.3 Å². The second-order valence-corrected chi connectivity index (χ2v) is 6.69. The first kappa shape index (κ1) is 18.9. The fourth-order valence-corrected chi connectivity index (χ4v) is 3.02. The number of fused-ring (bicyclic) bond motifs is 1. The first-order valence-corrected chi connectivity index (χ1v) is 9.12. The number of carbonyl (C=O) groups excluding carboxylic acids is 2. The van der Waals surface area contributed by atoms with Gasteiger partial charge in [0.2, 0.25) is 0 Å². The molecule has 0 aliphatic rings. The van der Waals surface area contributed by atoms with Crippen LogP contribution in [0.4, 0.5) is 0 Å². The summed E-state index contributed by atoms with van der Waals surface area (Å²) in [6.45, 7) is 0.184. The van der Waals surface area contributed by atoms with E-state index in [1.54, 1.807) is 6.07 Å². The van der Waals surface area contributed by atoms with Gasteiger partial charge in [0, 0.05) is 11.6 Å². The van der Waals surface area contributed by atoms with E-state index in [0.29, 0.717) is 18.0 Å². The zero-order chi connectivity index (χ0) is 19.1. The molecule has 0 saturated carbocycles. The third-order valence-electron chi connectivity index (χ3n) is 4.15. The van der Waals surface area contributed by atoms with Crippen LogP contribution in [0.5, 0.6) is 0 Å². The summed E-state index contributed by atoms with van der Waals surface area (Å²) in [5.41, 5.74) is 1.90. The number of nitrogens with one attached hydrogen (secondary N) is 1. The van der Waals surface area contributed by atoms with Crippen LogP contribution >= 0.6 is 11.6 Å². The average molecular weight is 382 g/mol. The van der Waals surface area contributed by atoms with Gasteiger partial charge in [-0.1, -0.05) is 66.2 Å². The predicted octanol–water partition coefficient (Wildman–Crippen LogP) is 3.94. The van der Waals surface area contributed by atoms with Crippen LogP contribution in [-0.2, 0) is 27.2 Å². The van der Waals surface area contributed by atoms with E-state index in [-0.39, 0.29) is 18.9 Å². The summed E-state index contributed by atoms with van der Waals surface area (Å²) in [7, 11) is 0. The van der Waals surface area contributed by atoms with Gasteiger partial charge < -0.3 is 10.1 Å². The van der Waals surface area contributed by atoms with Gasteiger partial charge in [0.05, 0.1) is 6.42 Å². The molecule has 4 nitrogen and oxygen atoms in total. The van der Waals surface area contributed by atoms with Crippen molar-refractivity contribution in [3.8, 4) is 0 Å². The highest BCUT2D eigenvalue weighted by molar-refractivity contribution is 6.30. The highest BCUT2D eigenvalue weighted by Gasteiger charge is 2.09. The van der Waals surface area contributed by atoms with Crippen LogP contribution in [-0.4, -0.2) is 25.0 Å². The largest absolute Gasteiger partial charge is 0.455 e. The van der Waals surface area contributed by atoms with Crippen molar-refractivity contribution in [3.05, 3.63) is 82.9 Å². The van der Waals surface area contributed by atoms with Crippen LogP contribution in [0.3, 0.4) is 0 Å². The standard InChI is InChI=1S/C22H20ClNO3/c23-20-7-3-4-16(13-20)10-11-24-21(25)15-27-22(26)14-17-8-9-18-5-1-2-6-19(18)12-17/h1-9,12-13H,10-11,14-15H2,(H,24,25). The molecule has 0 heterocycles. The van der Waals surface area contributed by atoms with Gasteiger partial charge in [0.25, 0.3) is 5.91 Å². The van der Waals surface area contributed by atoms with Crippen molar-refractivity contribution in [2.24, 2.45) is 0 Å². The molecule has 0 spiro atoms. The number of hydrogen-bond acceptors (Lipinski definition) is 3. The number of amides is 1. The third kappa shape index (κ3) is 5.83. The molecule has 138 valence electrons. The van der Waals surface area contributed by atoms with Crippen molar-refractivity contribution in [1.82, 2.24) is 5.32 Å². The zero-order valence-electron chi connectivity index (χ0n) is 14.8. The normalized spacial score (nSPS) is 10.6. The van der Waals surface area contributed by atoms with Gasteiger partial charge in [0.1, 0.15) is 0 Å². The first-order chi connectivity index (χ1) is 13.1. The van der Waals surface area contributed by atoms with Crippen molar-refractivity contribution in [2.75, 3.05) is 13.2 Å². The van der Waals surface area contributed by atoms with Crippen molar-refractivity contribution in [1.29, 1.82) is 0 Å². The lowest BCUT2D eigenvalue weighted by Crippen LogP contribution is -2.30. The summed E-state index contributed by atoms with van der Waals surface area (Å²) in [5, 5.41) is 5.59. The lowest BCUT2D eigenvalue weighted by molar-refractivity contribution is -0.147. The topological polar surface area (TPSA) is 55.4 Å². The molecule has 0 fully saturated rings. The van der Waals surface area contributed by atoms with Gasteiger partial charge in [-0.3, -0.25) is 9.59 Å². The van der Waals surface area contributed by atoms with Gasteiger partial charge >= 0.3 is 5.97 Å². The Labute approximate surface area is 163 Å². The first-order valence-electron chi connectivity index (χ1n) is 8.74. The molecule has 3 aromatic rings. The van der Waals surface area contributed by atoms with Gasteiger partial charge in [-0.2, -0.15) is 0 Å². The Balaban J connectivity index is 1.40. The summed E-state index contributed by atoms with van der Waals surface area (Å²) in [6.07, 6.45) is 0.804. The maximum atomic E-state index is 12.0. The van der Waals surface area contributed by atoms with Crippen molar-refractivity contribution in [3.63, 3.8) is 0 Å². The second kappa shape index (κ2) is 9.19. The number of halogens is 1. The van der Waals surface area contributed by atoms with Gasteiger partial charge in [0.15, 0.2) is 6.61 Å². The molecule has 1 N–H and O–H groups in total. The van der Waals surface area contributed by atoms with Gasteiger partial charge in [-0.15, -0.1) is 0 Å². The van der Waals surface area contributed by atoms with E-state index in [0.717, 1.165) is 21.9 Å². The number of hydrogen-bond donors (Lipinski definition) is 1. The Morgan fingerprint density at radius 1 is 0.889 bits per heavy atom. The maximum Gasteiger partial charge on any atom is 0.310 e. The van der Waals surface area contributed by atoms with Crippen LogP contribution < -0.4 is 5.32 Å². The van der Waals surface area contributed by atoms with Gasteiger partial charge in [-0.05, 0) is 40.5 Å². The predicted molar refractivity (Wildman–Crippen MR) is 107 cm³/mol. The monoisotopic (exact) mass is 381 g/mol. The van der Waals surface area contributed by atoms with Crippen LogP contribution in [0.2, 0.25) is 5.02 Å². The van der Waals surface area contributed by atoms with Crippen molar-refractivity contribution >= 4 is 34.2 Å². The molecule has 27 heavy (non-hydrogen) atoms. The Bertz CT molecular complexity index is 955. The Morgan fingerprint density at radius 3 is 2.52 bits per heavy atom. The molecule has 0 aromatic heterocycles. The zero-order valence-corrected chi connectivity index (χ0v) is 15.5. The minimum Gasteiger partial charge on any atom is -0.455 e. The smallest absolute Gasteiger partial charge is 0.310 e. The summed E-state index contributed by atoms with van der Waals surface area (Å²) in [4.78, 5) is 23.8. The van der Waals surface area contributed by atoms with Crippen LogP contribution in [0.1, 0.15) is 11.1 Å². The van der Waals surface area contributed by atoms with Crippen molar-refractivity contribution in [2.45, 2.75) is 12.8 Å². The molecule has 0 bridgehead atoms. The molecule has 3 aromatic carbocycles. The number of esters is 1. The highest BCUT2D eigenvalue weighted by Crippen LogP contribution is 2.16. The molecule has 0 aliphatic heterocycles. The Kier molecular flexibility index (Phi) is 6.44. The average Bonchev–Trinajstić information content (AvgIpc) is 2.66. The molecule has 0 atom stereocenters. The SMILES string of the molecule is O=C(COC(=O)Cc1ccc2ccccc2c1)NCCc1cccc(Cl)c1. The summed E-state index contributed by atoms with van der Waals surface area (Å²) in [5.74, 6) is -0.737. The summed E-state index contributed by atoms with van der Waals surface area (Å²) >= 11 is 5.92. The van der Waals surface area contributed by atoms with E-state index < -0.39 is 5.97 Å². The minimum absolute atomic E-state index is 0.140. The van der Waals surface area contributed by atoms with Gasteiger partial charge in [-0.25, -0.2) is 0 Å². The summed E-state index contributed by atoms with van der Waals surface area (Å²) < 4.78 is 5.07. The minimum atomic E-state index is -0.421. The summed E-state index contributed by atoms with van der Waals surface area (Å²) in [6, 6.07) is 21.3. The van der Waals surface area contributed by atoms with Crippen LogP contribution in [0.25, 0.3) is 10.8 Å². The molecule has 3 rings (SSSR count). The quantitative estimate of drug-likeness (QED) is 0.631.